The Morgan fingerprint density at radius 2 is 1.32 bits per heavy atom. The SMILES string of the molecule is O=C(/N=C(\c1ccccc1)C1CCN1C(c1ccccc1)c1ccccc1)C(F)(F)F. The molecule has 1 heterocycles. The van der Waals surface area contributed by atoms with Crippen LogP contribution in [-0.4, -0.2) is 35.3 Å². The first kappa shape index (κ1) is 21.0. The standard InChI is InChI=1S/C25H21F3N2O/c26-25(27,28)24(31)29-22(18-10-4-1-5-11-18)21-16-17-30(21)23(19-12-6-2-7-13-19)20-14-8-3-9-15-20/h1-15,21,23H,16-17H2/b29-22+. The van der Waals surface area contributed by atoms with Crippen LogP contribution in [0.25, 0.3) is 0 Å². The summed E-state index contributed by atoms with van der Waals surface area (Å²) in [5.74, 6) is -2.07. The van der Waals surface area contributed by atoms with Crippen LogP contribution in [-0.2, 0) is 4.79 Å². The van der Waals surface area contributed by atoms with Crippen LogP contribution in [0.2, 0.25) is 0 Å². The number of hydrogen-bond donors (Lipinski definition) is 0. The maximum Gasteiger partial charge on any atom is 0.473 e. The molecule has 1 aliphatic heterocycles. The minimum absolute atomic E-state index is 0.156. The van der Waals surface area contributed by atoms with Gasteiger partial charge in [0, 0.05) is 6.54 Å². The van der Waals surface area contributed by atoms with Crippen molar-refractivity contribution in [3.05, 3.63) is 108 Å². The first-order chi connectivity index (χ1) is 14.9. The predicted molar refractivity (Wildman–Crippen MR) is 114 cm³/mol. The van der Waals surface area contributed by atoms with Crippen LogP contribution in [0.5, 0.6) is 0 Å². The summed E-state index contributed by atoms with van der Waals surface area (Å²) in [6, 6.07) is 27.7. The highest BCUT2D eigenvalue weighted by Crippen LogP contribution is 2.37. The Bertz CT molecular complexity index is 1010. The topological polar surface area (TPSA) is 32.7 Å². The number of carbonyl (C=O) groups excluding carboxylic acids is 1. The highest BCUT2D eigenvalue weighted by Gasteiger charge is 2.43. The quantitative estimate of drug-likeness (QED) is 0.514. The van der Waals surface area contributed by atoms with Crippen molar-refractivity contribution in [2.24, 2.45) is 4.99 Å². The van der Waals surface area contributed by atoms with E-state index in [-0.39, 0.29) is 11.8 Å². The molecule has 0 N–H and O–H groups in total. The molecule has 0 aliphatic carbocycles. The van der Waals surface area contributed by atoms with E-state index in [1.807, 2.05) is 60.7 Å². The third kappa shape index (κ3) is 4.59. The number of hydrogen-bond acceptors (Lipinski definition) is 2. The molecule has 1 aliphatic rings. The fourth-order valence-electron chi connectivity index (χ4n) is 3.97. The number of benzene rings is 3. The Kier molecular flexibility index (Phi) is 6.00. The third-order valence-corrected chi connectivity index (χ3v) is 5.47. The average molecular weight is 422 g/mol. The summed E-state index contributed by atoms with van der Waals surface area (Å²) in [5.41, 5.74) is 2.75. The molecule has 0 aromatic heterocycles. The molecule has 3 aromatic rings. The number of amides is 1. The Morgan fingerprint density at radius 1 is 0.839 bits per heavy atom. The van der Waals surface area contributed by atoms with Gasteiger partial charge in [-0.3, -0.25) is 9.69 Å². The molecule has 0 saturated carbocycles. The van der Waals surface area contributed by atoms with Crippen LogP contribution < -0.4 is 0 Å². The van der Waals surface area contributed by atoms with Gasteiger partial charge in [-0.25, -0.2) is 4.99 Å². The van der Waals surface area contributed by atoms with E-state index in [4.69, 9.17) is 0 Å². The third-order valence-electron chi connectivity index (χ3n) is 5.47. The minimum Gasteiger partial charge on any atom is -0.284 e. The molecule has 0 spiro atoms. The number of halogens is 3. The van der Waals surface area contributed by atoms with Crippen molar-refractivity contribution in [1.82, 2.24) is 4.90 Å². The van der Waals surface area contributed by atoms with Gasteiger partial charge in [-0.2, -0.15) is 13.2 Å². The largest absolute Gasteiger partial charge is 0.473 e. The van der Waals surface area contributed by atoms with E-state index in [0.717, 1.165) is 11.1 Å². The summed E-state index contributed by atoms with van der Waals surface area (Å²) < 4.78 is 39.1. The molecule has 1 amide bonds. The number of likely N-dealkylation sites (tertiary alicyclic amines) is 1. The van der Waals surface area contributed by atoms with Gasteiger partial charge in [0.05, 0.1) is 17.8 Å². The van der Waals surface area contributed by atoms with Crippen molar-refractivity contribution in [2.75, 3.05) is 6.54 Å². The molecule has 31 heavy (non-hydrogen) atoms. The Balaban J connectivity index is 1.76. The number of aliphatic imine (C=N–C) groups is 1. The van der Waals surface area contributed by atoms with Gasteiger partial charge < -0.3 is 0 Å². The van der Waals surface area contributed by atoms with E-state index in [1.165, 1.54) is 0 Å². The lowest BCUT2D eigenvalue weighted by molar-refractivity contribution is -0.169. The van der Waals surface area contributed by atoms with E-state index >= 15 is 0 Å². The zero-order valence-electron chi connectivity index (χ0n) is 16.7. The molecule has 3 aromatic carbocycles. The summed E-state index contributed by atoms with van der Waals surface area (Å²) in [7, 11) is 0. The van der Waals surface area contributed by atoms with Crippen LogP contribution >= 0.6 is 0 Å². The molecule has 158 valence electrons. The van der Waals surface area contributed by atoms with Crippen molar-refractivity contribution in [1.29, 1.82) is 0 Å². The normalized spacial score (nSPS) is 17.4. The number of rotatable bonds is 5. The first-order valence-corrected chi connectivity index (χ1v) is 10.1. The molecule has 1 fully saturated rings. The summed E-state index contributed by atoms with van der Waals surface area (Å²) >= 11 is 0. The van der Waals surface area contributed by atoms with Gasteiger partial charge in [0.15, 0.2) is 0 Å². The van der Waals surface area contributed by atoms with Crippen LogP contribution in [0.4, 0.5) is 13.2 Å². The van der Waals surface area contributed by atoms with Crippen molar-refractivity contribution in [3.8, 4) is 0 Å². The zero-order valence-corrected chi connectivity index (χ0v) is 16.7. The lowest BCUT2D eigenvalue weighted by Gasteiger charge is -2.47. The van der Waals surface area contributed by atoms with Gasteiger partial charge in [-0.15, -0.1) is 0 Å². The van der Waals surface area contributed by atoms with Gasteiger partial charge >= 0.3 is 12.1 Å². The van der Waals surface area contributed by atoms with Gasteiger partial charge in [-0.05, 0) is 23.1 Å². The Labute approximate surface area is 178 Å². The molecule has 4 rings (SSSR count). The molecular formula is C25H21F3N2O. The fourth-order valence-corrected chi connectivity index (χ4v) is 3.97. The van der Waals surface area contributed by atoms with Crippen molar-refractivity contribution in [3.63, 3.8) is 0 Å². The summed E-state index contributed by atoms with van der Waals surface area (Å²) in [5, 5.41) is 0. The average Bonchev–Trinajstić information content (AvgIpc) is 2.77. The maximum atomic E-state index is 13.0. The highest BCUT2D eigenvalue weighted by atomic mass is 19.4. The van der Waals surface area contributed by atoms with E-state index in [2.05, 4.69) is 9.89 Å². The summed E-state index contributed by atoms with van der Waals surface area (Å²) in [6.45, 7) is 0.686. The molecule has 3 nitrogen and oxygen atoms in total. The van der Waals surface area contributed by atoms with Crippen LogP contribution in [0.3, 0.4) is 0 Å². The maximum absolute atomic E-state index is 13.0. The van der Waals surface area contributed by atoms with Crippen LogP contribution in [0.1, 0.15) is 29.2 Å². The molecule has 1 unspecified atom stereocenters. The Hall–Kier alpha value is -3.25. The van der Waals surface area contributed by atoms with Crippen molar-refractivity contribution >= 4 is 11.6 Å². The fraction of sp³-hybridized carbons (Fsp3) is 0.200. The lowest BCUT2D eigenvalue weighted by Crippen LogP contribution is -2.54. The summed E-state index contributed by atoms with van der Waals surface area (Å²) in [4.78, 5) is 17.5. The van der Waals surface area contributed by atoms with E-state index < -0.39 is 18.1 Å². The van der Waals surface area contributed by atoms with Gasteiger partial charge in [0.2, 0.25) is 0 Å². The van der Waals surface area contributed by atoms with Crippen molar-refractivity contribution in [2.45, 2.75) is 24.7 Å². The second-order valence-electron chi connectivity index (χ2n) is 7.43. The Morgan fingerprint density at radius 3 is 1.74 bits per heavy atom. The van der Waals surface area contributed by atoms with E-state index in [0.29, 0.717) is 18.5 Å². The summed E-state index contributed by atoms with van der Waals surface area (Å²) in [6.07, 6.45) is -4.39. The molecule has 1 atom stereocenters. The molecular weight excluding hydrogens is 401 g/mol. The first-order valence-electron chi connectivity index (χ1n) is 10.1. The number of carbonyl (C=O) groups is 1. The van der Waals surface area contributed by atoms with Gasteiger partial charge in [0.25, 0.3) is 0 Å². The smallest absolute Gasteiger partial charge is 0.284 e. The zero-order chi connectivity index (χ0) is 21.8. The highest BCUT2D eigenvalue weighted by molar-refractivity contribution is 6.10. The minimum atomic E-state index is -5.01. The predicted octanol–water partition coefficient (Wildman–Crippen LogP) is 5.43. The number of alkyl halides is 3. The monoisotopic (exact) mass is 422 g/mol. The second-order valence-corrected chi connectivity index (χ2v) is 7.43. The van der Waals surface area contributed by atoms with Crippen LogP contribution in [0.15, 0.2) is 96.0 Å². The molecule has 1 saturated heterocycles. The van der Waals surface area contributed by atoms with Gasteiger partial charge in [-0.1, -0.05) is 91.0 Å². The van der Waals surface area contributed by atoms with Crippen molar-refractivity contribution < 1.29 is 18.0 Å². The van der Waals surface area contributed by atoms with Crippen LogP contribution in [0, 0.1) is 0 Å². The van der Waals surface area contributed by atoms with E-state index in [1.54, 1.807) is 30.3 Å². The molecule has 0 radical (unpaired) electrons. The lowest BCUT2D eigenvalue weighted by atomic mass is 9.86. The molecule has 0 bridgehead atoms. The number of nitrogens with zero attached hydrogens (tertiary/aromatic N) is 2. The van der Waals surface area contributed by atoms with Gasteiger partial charge in [0.1, 0.15) is 0 Å². The van der Waals surface area contributed by atoms with E-state index in [9.17, 15) is 18.0 Å². The molecule has 6 heteroatoms. The second kappa shape index (κ2) is 8.86.